The van der Waals surface area contributed by atoms with Gasteiger partial charge in [0, 0.05) is 28.4 Å². The number of rotatable bonds is 6. The first-order chi connectivity index (χ1) is 16.4. The van der Waals surface area contributed by atoms with E-state index in [1.165, 1.54) is 7.11 Å². The van der Waals surface area contributed by atoms with Gasteiger partial charge in [-0.25, -0.2) is 4.79 Å². The van der Waals surface area contributed by atoms with Gasteiger partial charge in [-0.2, -0.15) is 5.26 Å². The third-order valence-electron chi connectivity index (χ3n) is 5.34. The number of aryl methyl sites for hydroxylation is 2. The van der Waals surface area contributed by atoms with Crippen molar-refractivity contribution in [2.75, 3.05) is 12.4 Å². The van der Waals surface area contributed by atoms with Gasteiger partial charge >= 0.3 is 5.97 Å². The van der Waals surface area contributed by atoms with Crippen LogP contribution in [0, 0.1) is 25.2 Å². The van der Waals surface area contributed by atoms with Gasteiger partial charge in [0.1, 0.15) is 17.4 Å². The van der Waals surface area contributed by atoms with Gasteiger partial charge in [-0.05, 0) is 61.4 Å². The maximum Gasteiger partial charge on any atom is 0.373 e. The van der Waals surface area contributed by atoms with Crippen molar-refractivity contribution in [1.29, 1.82) is 5.26 Å². The third kappa shape index (κ3) is 4.76. The van der Waals surface area contributed by atoms with Crippen LogP contribution in [-0.4, -0.2) is 23.6 Å². The van der Waals surface area contributed by atoms with Crippen LogP contribution in [0.2, 0.25) is 0 Å². The van der Waals surface area contributed by atoms with Crippen LogP contribution in [0.25, 0.3) is 17.0 Å². The first kappa shape index (κ1) is 22.6. The first-order valence-electron chi connectivity index (χ1n) is 10.6. The summed E-state index contributed by atoms with van der Waals surface area (Å²) in [5, 5.41) is 13.4. The van der Waals surface area contributed by atoms with E-state index in [9.17, 15) is 14.9 Å². The molecule has 1 amide bonds. The Kier molecular flexibility index (Phi) is 6.33. The van der Waals surface area contributed by atoms with E-state index in [4.69, 9.17) is 9.15 Å². The van der Waals surface area contributed by atoms with Crippen LogP contribution in [0.15, 0.2) is 70.8 Å². The lowest BCUT2D eigenvalue weighted by atomic mass is 10.1. The molecule has 1 N–H and O–H groups in total. The number of hydrogen-bond acceptors (Lipinski definition) is 5. The molecule has 0 radical (unpaired) electrons. The Morgan fingerprint density at radius 3 is 2.56 bits per heavy atom. The maximum atomic E-state index is 12.8. The summed E-state index contributed by atoms with van der Waals surface area (Å²) in [5.41, 5.74) is 4.31. The quantitative estimate of drug-likeness (QED) is 0.245. The zero-order valence-electron chi connectivity index (χ0n) is 19.1. The highest BCUT2D eigenvalue weighted by atomic mass is 16.5. The summed E-state index contributed by atoms with van der Waals surface area (Å²) in [4.78, 5) is 24.5. The second-order valence-electron chi connectivity index (χ2n) is 7.99. The summed E-state index contributed by atoms with van der Waals surface area (Å²) in [6, 6.07) is 18.7. The number of benzene rings is 2. The Labute approximate surface area is 196 Å². The summed E-state index contributed by atoms with van der Waals surface area (Å²) in [6.45, 7) is 4.26. The van der Waals surface area contributed by atoms with Crippen LogP contribution in [0.4, 0.5) is 5.69 Å². The zero-order chi connectivity index (χ0) is 24.2. The molecule has 170 valence electrons. The number of carbonyl (C=O) groups excluding carboxylic acids is 2. The predicted molar refractivity (Wildman–Crippen MR) is 129 cm³/mol. The average Bonchev–Trinajstić information content (AvgIpc) is 3.41. The minimum atomic E-state index is -0.541. The van der Waals surface area contributed by atoms with Gasteiger partial charge in [0.15, 0.2) is 0 Å². The topological polar surface area (TPSA) is 97.3 Å². The van der Waals surface area contributed by atoms with Crippen LogP contribution in [0.1, 0.15) is 33.0 Å². The van der Waals surface area contributed by atoms with E-state index in [0.717, 1.165) is 27.6 Å². The fourth-order valence-electron chi connectivity index (χ4n) is 3.91. The number of esters is 1. The highest BCUT2D eigenvalue weighted by Crippen LogP contribution is 2.25. The van der Waals surface area contributed by atoms with Gasteiger partial charge in [-0.15, -0.1) is 0 Å². The number of nitrogens with zero attached hydrogens (tertiary/aromatic N) is 2. The van der Waals surface area contributed by atoms with Crippen molar-refractivity contribution in [3.8, 4) is 6.07 Å². The summed E-state index contributed by atoms with van der Waals surface area (Å²) in [6.07, 6.45) is 3.44. The lowest BCUT2D eigenvalue weighted by Gasteiger charge is -2.07. The molecule has 4 aromatic rings. The van der Waals surface area contributed by atoms with Crippen molar-refractivity contribution in [3.63, 3.8) is 0 Å². The lowest BCUT2D eigenvalue weighted by molar-refractivity contribution is -0.112. The van der Waals surface area contributed by atoms with Crippen LogP contribution in [0.5, 0.6) is 0 Å². The number of nitriles is 1. The number of anilines is 1. The average molecular weight is 453 g/mol. The largest absolute Gasteiger partial charge is 0.463 e. The van der Waals surface area contributed by atoms with E-state index in [-0.39, 0.29) is 11.3 Å². The van der Waals surface area contributed by atoms with Crippen molar-refractivity contribution in [3.05, 3.63) is 94.6 Å². The van der Waals surface area contributed by atoms with Crippen molar-refractivity contribution in [2.24, 2.45) is 0 Å². The van der Waals surface area contributed by atoms with Gasteiger partial charge in [0.2, 0.25) is 5.76 Å². The molecule has 0 fully saturated rings. The van der Waals surface area contributed by atoms with Gasteiger partial charge in [-0.3, -0.25) is 4.79 Å². The van der Waals surface area contributed by atoms with Crippen LogP contribution in [-0.2, 0) is 16.1 Å². The molecule has 0 atom stereocenters. The molecule has 0 aliphatic heterocycles. The Morgan fingerprint density at radius 1 is 1.12 bits per heavy atom. The van der Waals surface area contributed by atoms with E-state index >= 15 is 0 Å². The fraction of sp³-hybridized carbons (Fsp3) is 0.148. The summed E-state index contributed by atoms with van der Waals surface area (Å²) in [5.74, 6) is -0.313. The van der Waals surface area contributed by atoms with Gasteiger partial charge in [-0.1, -0.05) is 24.3 Å². The van der Waals surface area contributed by atoms with Crippen molar-refractivity contribution >= 4 is 34.5 Å². The Hall–Kier alpha value is -4.57. The molecule has 4 rings (SSSR count). The molecule has 2 heterocycles. The standard InChI is InChI=1S/C27H23N3O4/c1-17-10-18(2)12-21(11-17)29-26(31)19(14-28)13-20-15-30(24-7-5-4-6-23(20)24)16-22-8-9-25(34-22)27(32)33-3/h4-13,15H,16H2,1-3H3,(H,29,31)/b19-13-. The summed E-state index contributed by atoms with van der Waals surface area (Å²) >= 11 is 0. The first-order valence-corrected chi connectivity index (χ1v) is 10.6. The molecule has 0 spiro atoms. The summed E-state index contributed by atoms with van der Waals surface area (Å²) in [7, 11) is 1.30. The summed E-state index contributed by atoms with van der Waals surface area (Å²) < 4.78 is 12.2. The number of furan rings is 1. The Morgan fingerprint density at radius 2 is 1.85 bits per heavy atom. The highest BCUT2D eigenvalue weighted by Gasteiger charge is 2.15. The van der Waals surface area contributed by atoms with Gasteiger partial charge < -0.3 is 19.0 Å². The van der Waals surface area contributed by atoms with E-state index < -0.39 is 11.9 Å². The molecule has 0 aliphatic carbocycles. The third-order valence-corrected chi connectivity index (χ3v) is 5.34. The molecular weight excluding hydrogens is 430 g/mol. The lowest BCUT2D eigenvalue weighted by Crippen LogP contribution is -2.13. The minimum absolute atomic E-state index is 0.00645. The molecular formula is C27H23N3O4. The van der Waals surface area contributed by atoms with E-state index in [1.807, 2.05) is 73.1 Å². The van der Waals surface area contributed by atoms with E-state index in [2.05, 4.69) is 5.32 Å². The SMILES string of the molecule is COC(=O)c1ccc(Cn2cc(/C=C(/C#N)C(=O)Nc3cc(C)cc(C)c3)c3ccccc32)o1. The molecule has 2 aromatic heterocycles. The van der Waals surface area contributed by atoms with Gasteiger partial charge in [0.25, 0.3) is 5.91 Å². The molecule has 0 bridgehead atoms. The molecule has 2 aromatic carbocycles. The molecule has 7 heteroatoms. The number of para-hydroxylation sites is 1. The van der Waals surface area contributed by atoms with Gasteiger partial charge in [0.05, 0.1) is 13.7 Å². The normalized spacial score (nSPS) is 11.3. The van der Waals surface area contributed by atoms with E-state index in [0.29, 0.717) is 18.0 Å². The maximum absolute atomic E-state index is 12.8. The van der Waals surface area contributed by atoms with Crippen molar-refractivity contribution < 1.29 is 18.7 Å². The van der Waals surface area contributed by atoms with E-state index in [1.54, 1.807) is 18.2 Å². The molecule has 7 nitrogen and oxygen atoms in total. The number of fused-ring (bicyclic) bond motifs is 1. The Balaban J connectivity index is 1.65. The number of carbonyl (C=O) groups is 2. The smallest absolute Gasteiger partial charge is 0.373 e. The number of hydrogen-bond donors (Lipinski definition) is 1. The van der Waals surface area contributed by atoms with Crippen LogP contribution >= 0.6 is 0 Å². The van der Waals surface area contributed by atoms with Crippen LogP contribution in [0.3, 0.4) is 0 Å². The monoisotopic (exact) mass is 453 g/mol. The number of methoxy groups -OCH3 is 1. The zero-order valence-corrected chi connectivity index (χ0v) is 19.1. The number of nitrogens with one attached hydrogen (secondary N) is 1. The number of ether oxygens (including phenoxy) is 1. The van der Waals surface area contributed by atoms with Crippen molar-refractivity contribution in [2.45, 2.75) is 20.4 Å². The molecule has 0 unspecified atom stereocenters. The minimum Gasteiger partial charge on any atom is -0.463 e. The Bertz CT molecular complexity index is 1450. The second kappa shape index (κ2) is 9.51. The predicted octanol–water partition coefficient (Wildman–Crippen LogP) is 5.23. The fourth-order valence-corrected chi connectivity index (χ4v) is 3.91. The highest BCUT2D eigenvalue weighted by molar-refractivity contribution is 6.10. The van der Waals surface area contributed by atoms with Crippen molar-refractivity contribution in [1.82, 2.24) is 4.57 Å². The molecule has 0 saturated heterocycles. The number of amides is 1. The molecule has 0 saturated carbocycles. The second-order valence-corrected chi connectivity index (χ2v) is 7.99. The number of aromatic nitrogens is 1. The van der Waals surface area contributed by atoms with Crippen LogP contribution < -0.4 is 5.32 Å². The molecule has 34 heavy (non-hydrogen) atoms. The molecule has 0 aliphatic rings.